The van der Waals surface area contributed by atoms with Crippen LogP contribution in [0.25, 0.3) is 6.08 Å². The van der Waals surface area contributed by atoms with Crippen molar-refractivity contribution in [1.29, 1.82) is 0 Å². The van der Waals surface area contributed by atoms with Gasteiger partial charge in [0, 0.05) is 4.47 Å². The van der Waals surface area contributed by atoms with Crippen molar-refractivity contribution in [3.05, 3.63) is 99.9 Å². The zero-order chi connectivity index (χ0) is 19.3. The summed E-state index contributed by atoms with van der Waals surface area (Å²) in [5.41, 5.74) is 5.74. The second-order valence-electron chi connectivity index (χ2n) is 6.01. The van der Waals surface area contributed by atoms with Gasteiger partial charge in [-0.05, 0) is 59.8 Å². The van der Waals surface area contributed by atoms with Gasteiger partial charge in [-0.3, -0.25) is 10.2 Å². The van der Waals surface area contributed by atoms with Gasteiger partial charge in [-0.1, -0.05) is 64.5 Å². The average molecular weight is 450 g/mol. The van der Waals surface area contributed by atoms with Gasteiger partial charge in [0.15, 0.2) is 5.17 Å². The van der Waals surface area contributed by atoms with E-state index in [-0.39, 0.29) is 5.91 Å². The van der Waals surface area contributed by atoms with Crippen molar-refractivity contribution in [2.24, 2.45) is 4.99 Å². The van der Waals surface area contributed by atoms with Gasteiger partial charge in [-0.15, -0.1) is 0 Å². The number of hydrazine groups is 1. The zero-order valence-corrected chi connectivity index (χ0v) is 17.2. The summed E-state index contributed by atoms with van der Waals surface area (Å²) in [7, 11) is 0. The lowest BCUT2D eigenvalue weighted by Gasteiger charge is -2.17. The highest BCUT2D eigenvalue weighted by molar-refractivity contribution is 9.10. The predicted octanol–water partition coefficient (Wildman–Crippen LogP) is 6.08. The molecule has 0 atom stereocenters. The van der Waals surface area contributed by atoms with Crippen LogP contribution in [0.1, 0.15) is 5.56 Å². The van der Waals surface area contributed by atoms with Gasteiger partial charge < -0.3 is 0 Å². The molecule has 0 bridgehead atoms. The van der Waals surface area contributed by atoms with Gasteiger partial charge in [0.25, 0.3) is 5.91 Å². The second-order valence-corrected chi connectivity index (χ2v) is 7.94. The summed E-state index contributed by atoms with van der Waals surface area (Å²) in [5.74, 6) is -0.133. The Morgan fingerprint density at radius 3 is 2.21 bits per heavy atom. The van der Waals surface area contributed by atoms with Gasteiger partial charge >= 0.3 is 0 Å². The molecular weight excluding hydrogens is 434 g/mol. The van der Waals surface area contributed by atoms with E-state index in [1.54, 1.807) is 0 Å². The first kappa shape index (κ1) is 18.5. The largest absolute Gasteiger partial charge is 0.289 e. The average Bonchev–Trinajstić information content (AvgIpc) is 3.00. The number of hydrogen-bond acceptors (Lipinski definition) is 4. The van der Waals surface area contributed by atoms with Crippen LogP contribution < -0.4 is 5.43 Å². The number of thioether (sulfide) groups is 1. The summed E-state index contributed by atoms with van der Waals surface area (Å²) in [4.78, 5) is 18.3. The maximum absolute atomic E-state index is 13.1. The number of benzene rings is 3. The summed E-state index contributed by atoms with van der Waals surface area (Å²) in [5, 5.41) is 2.08. The van der Waals surface area contributed by atoms with E-state index in [1.807, 2.05) is 91.0 Å². The van der Waals surface area contributed by atoms with Crippen LogP contribution in [0.4, 0.5) is 11.4 Å². The molecule has 6 heteroatoms. The van der Waals surface area contributed by atoms with E-state index in [4.69, 9.17) is 0 Å². The van der Waals surface area contributed by atoms with Gasteiger partial charge in [-0.2, -0.15) is 5.01 Å². The Bertz CT molecular complexity index is 1030. The molecule has 28 heavy (non-hydrogen) atoms. The molecule has 1 N–H and O–H groups in total. The van der Waals surface area contributed by atoms with Crippen molar-refractivity contribution in [1.82, 2.24) is 5.01 Å². The Morgan fingerprint density at radius 2 is 1.54 bits per heavy atom. The molecule has 0 unspecified atom stereocenters. The first-order valence-corrected chi connectivity index (χ1v) is 10.2. The summed E-state index contributed by atoms with van der Waals surface area (Å²) in [6.45, 7) is 0. The molecule has 1 aliphatic heterocycles. The fourth-order valence-corrected chi connectivity index (χ4v) is 3.82. The third-order valence-corrected chi connectivity index (χ3v) is 5.47. The van der Waals surface area contributed by atoms with E-state index >= 15 is 0 Å². The first-order valence-electron chi connectivity index (χ1n) is 8.64. The topological polar surface area (TPSA) is 44.7 Å². The Labute approximate surface area is 176 Å². The van der Waals surface area contributed by atoms with Crippen LogP contribution in [0, 0.1) is 0 Å². The number of hydrogen-bond donors (Lipinski definition) is 1. The van der Waals surface area contributed by atoms with Crippen molar-refractivity contribution in [2.75, 3.05) is 5.43 Å². The third kappa shape index (κ3) is 4.35. The summed E-state index contributed by atoms with van der Waals surface area (Å²) in [6, 6.07) is 27.0. The summed E-state index contributed by atoms with van der Waals surface area (Å²) < 4.78 is 0.999. The van der Waals surface area contributed by atoms with Crippen LogP contribution in [-0.4, -0.2) is 16.1 Å². The molecule has 3 aromatic rings. The quantitative estimate of drug-likeness (QED) is 0.490. The molecule has 0 spiro atoms. The van der Waals surface area contributed by atoms with Crippen LogP contribution in [0.3, 0.4) is 0 Å². The number of carbonyl (C=O) groups excluding carboxylic acids is 1. The van der Waals surface area contributed by atoms with E-state index in [1.165, 1.54) is 16.8 Å². The van der Waals surface area contributed by atoms with Crippen LogP contribution >= 0.6 is 27.7 Å². The highest BCUT2D eigenvalue weighted by Gasteiger charge is 2.34. The maximum atomic E-state index is 13.1. The fraction of sp³-hybridized carbons (Fsp3) is 0. The van der Waals surface area contributed by atoms with Crippen LogP contribution in [0.15, 0.2) is 99.3 Å². The van der Waals surface area contributed by atoms with Crippen molar-refractivity contribution in [2.45, 2.75) is 0 Å². The predicted molar refractivity (Wildman–Crippen MR) is 120 cm³/mol. The highest BCUT2D eigenvalue weighted by Crippen LogP contribution is 2.34. The third-order valence-electron chi connectivity index (χ3n) is 3.97. The molecule has 4 nitrogen and oxygen atoms in total. The number of para-hydroxylation sites is 2. The molecule has 0 aliphatic carbocycles. The first-order chi connectivity index (χ1) is 13.7. The molecule has 1 amide bonds. The Balaban J connectivity index is 1.69. The molecule has 1 heterocycles. The number of carbonyl (C=O) groups is 1. The minimum Gasteiger partial charge on any atom is -0.289 e. The molecule has 0 saturated carbocycles. The van der Waals surface area contributed by atoms with Gasteiger partial charge in [0.05, 0.1) is 16.3 Å². The lowest BCUT2D eigenvalue weighted by Crippen LogP contribution is -2.34. The molecule has 4 rings (SSSR count). The van der Waals surface area contributed by atoms with Crippen LogP contribution in [-0.2, 0) is 4.79 Å². The monoisotopic (exact) mass is 449 g/mol. The van der Waals surface area contributed by atoms with E-state index in [9.17, 15) is 4.79 Å². The van der Waals surface area contributed by atoms with Crippen molar-refractivity contribution < 1.29 is 4.79 Å². The van der Waals surface area contributed by atoms with Gasteiger partial charge in [-0.25, -0.2) is 4.99 Å². The van der Waals surface area contributed by atoms with Crippen LogP contribution in [0.5, 0.6) is 0 Å². The van der Waals surface area contributed by atoms with E-state index in [2.05, 4.69) is 26.3 Å². The molecule has 3 aromatic carbocycles. The van der Waals surface area contributed by atoms with E-state index < -0.39 is 0 Å². The number of nitrogens with one attached hydrogen (secondary N) is 1. The standard InChI is InChI=1S/C22H16BrN3OS/c23-17-13-11-16(12-14-17)15-20-21(27)26(25-19-9-5-2-6-10-19)22(28-20)24-18-7-3-1-4-8-18/h1-15,25H/b20-15-,24-22?. The smallest absolute Gasteiger partial charge is 0.285 e. The molecule has 1 saturated heterocycles. The molecule has 1 aliphatic rings. The number of amides is 1. The normalized spacial score (nSPS) is 16.8. The number of anilines is 1. The summed E-state index contributed by atoms with van der Waals surface area (Å²) in [6.07, 6.45) is 1.88. The highest BCUT2D eigenvalue weighted by atomic mass is 79.9. The number of nitrogens with zero attached hydrogens (tertiary/aromatic N) is 2. The molecule has 138 valence electrons. The van der Waals surface area contributed by atoms with E-state index in [0.29, 0.717) is 10.1 Å². The zero-order valence-electron chi connectivity index (χ0n) is 14.7. The number of aliphatic imine (C=N–C) groups is 1. The number of amidine groups is 1. The van der Waals surface area contributed by atoms with Gasteiger partial charge in [0.1, 0.15) is 0 Å². The van der Waals surface area contributed by atoms with Gasteiger partial charge in [0.2, 0.25) is 0 Å². The lowest BCUT2D eigenvalue weighted by atomic mass is 10.2. The fourth-order valence-electron chi connectivity index (χ4n) is 2.61. The minimum absolute atomic E-state index is 0.133. The Kier molecular flexibility index (Phi) is 5.60. The lowest BCUT2D eigenvalue weighted by molar-refractivity contribution is -0.121. The minimum atomic E-state index is -0.133. The molecule has 1 fully saturated rings. The SMILES string of the molecule is O=C1/C(=C/c2ccc(Br)cc2)SC(=Nc2ccccc2)N1Nc1ccccc1. The van der Waals surface area contributed by atoms with Crippen molar-refractivity contribution in [3.8, 4) is 0 Å². The molecule has 0 radical (unpaired) electrons. The molecule has 0 aromatic heterocycles. The van der Waals surface area contributed by atoms with Crippen molar-refractivity contribution in [3.63, 3.8) is 0 Å². The number of halogens is 1. The number of rotatable bonds is 4. The summed E-state index contributed by atoms with van der Waals surface area (Å²) >= 11 is 4.79. The molecular formula is C22H16BrN3OS. The second kappa shape index (κ2) is 8.46. The maximum Gasteiger partial charge on any atom is 0.285 e. The van der Waals surface area contributed by atoms with Crippen LogP contribution in [0.2, 0.25) is 0 Å². The van der Waals surface area contributed by atoms with Crippen molar-refractivity contribution >= 4 is 56.2 Å². The van der Waals surface area contributed by atoms with E-state index in [0.717, 1.165) is 21.4 Å². The Hall–Kier alpha value is -2.83. The Morgan fingerprint density at radius 1 is 0.893 bits per heavy atom.